The van der Waals surface area contributed by atoms with Gasteiger partial charge in [-0.05, 0) is 55.3 Å². The number of aromatic nitrogens is 3. The Bertz CT molecular complexity index is 1420. The average molecular weight is 568 g/mol. The molecule has 220 valence electrons. The summed E-state index contributed by atoms with van der Waals surface area (Å²) in [7, 11) is 0. The van der Waals surface area contributed by atoms with Crippen molar-refractivity contribution < 1.29 is 9.47 Å². The Morgan fingerprint density at radius 2 is 1.33 bits per heavy atom. The maximum absolute atomic E-state index is 6.28. The van der Waals surface area contributed by atoms with Crippen LogP contribution in [0.4, 0.5) is 0 Å². The maximum Gasteiger partial charge on any atom is 0.247 e. The molecule has 9 nitrogen and oxygen atoms in total. The van der Waals surface area contributed by atoms with Crippen molar-refractivity contribution in [3.63, 3.8) is 0 Å². The summed E-state index contributed by atoms with van der Waals surface area (Å²) in [5, 5.41) is 0. The van der Waals surface area contributed by atoms with Gasteiger partial charge in [0.2, 0.25) is 5.88 Å². The number of nitrogens with two attached hydrogens (primary N) is 1. The number of para-hydroxylation sites is 1. The molecule has 9 heteroatoms. The number of fused-ring (bicyclic) bond motifs is 1. The number of piperazine rings is 1. The zero-order valence-corrected chi connectivity index (χ0v) is 24.2. The number of piperidine rings is 1. The minimum atomic E-state index is 0.391. The highest BCUT2D eigenvalue weighted by atomic mass is 16.5. The van der Waals surface area contributed by atoms with Crippen LogP contribution < -0.4 is 15.2 Å². The largest absolute Gasteiger partial charge is 0.457 e. The van der Waals surface area contributed by atoms with Crippen LogP contribution in [0, 0.1) is 0 Å². The van der Waals surface area contributed by atoms with E-state index < -0.39 is 0 Å². The number of ether oxygens (including phenoxy) is 2. The van der Waals surface area contributed by atoms with Crippen LogP contribution in [0.5, 0.6) is 23.1 Å². The van der Waals surface area contributed by atoms with Crippen LogP contribution in [0.2, 0.25) is 0 Å². The molecular weight excluding hydrogens is 526 g/mol. The van der Waals surface area contributed by atoms with E-state index in [1.807, 2.05) is 54.6 Å². The van der Waals surface area contributed by atoms with Gasteiger partial charge in [0.15, 0.2) is 0 Å². The fourth-order valence-electron chi connectivity index (χ4n) is 5.86. The molecule has 0 saturated carbocycles. The van der Waals surface area contributed by atoms with Gasteiger partial charge in [0.25, 0.3) is 0 Å². The molecule has 0 amide bonds. The Morgan fingerprint density at radius 1 is 0.714 bits per heavy atom. The van der Waals surface area contributed by atoms with Gasteiger partial charge >= 0.3 is 0 Å². The molecule has 2 aromatic carbocycles. The number of nitrogens with zero attached hydrogens (tertiary/aromatic N) is 6. The van der Waals surface area contributed by atoms with Gasteiger partial charge in [-0.2, -0.15) is 4.98 Å². The predicted octanol–water partition coefficient (Wildman–Crippen LogP) is 4.79. The standard InChI is InChI=1S/C33H41N7O2/c34-15-21-39-24-22-38(23-25-39)17-5-4-16-37-18-12-27(13-19-37)40-20-14-31-32(40)33(36-26-35-31)42-30-10-8-29(9-11-30)41-28-6-2-1-3-7-28/h1-11,14,20,26-27H,12-13,15-19,21-25,34H2/b5-4+. The van der Waals surface area contributed by atoms with E-state index in [4.69, 9.17) is 15.2 Å². The topological polar surface area (TPSA) is 84.9 Å². The fourth-order valence-corrected chi connectivity index (χ4v) is 5.86. The zero-order chi connectivity index (χ0) is 28.6. The van der Waals surface area contributed by atoms with E-state index in [-0.39, 0.29) is 0 Å². The van der Waals surface area contributed by atoms with Gasteiger partial charge in [0.05, 0.1) is 5.52 Å². The summed E-state index contributed by atoms with van der Waals surface area (Å²) in [6.45, 7) is 10.5. The van der Waals surface area contributed by atoms with Gasteiger partial charge in [-0.25, -0.2) is 4.98 Å². The summed E-state index contributed by atoms with van der Waals surface area (Å²) in [5.74, 6) is 2.85. The molecule has 0 radical (unpaired) electrons. The molecule has 0 unspecified atom stereocenters. The van der Waals surface area contributed by atoms with Crippen molar-refractivity contribution in [3.8, 4) is 23.1 Å². The normalized spacial score (nSPS) is 17.7. The van der Waals surface area contributed by atoms with Crippen LogP contribution >= 0.6 is 0 Å². The lowest BCUT2D eigenvalue weighted by Crippen LogP contribution is -2.47. The van der Waals surface area contributed by atoms with Gasteiger partial charge in [-0.15, -0.1) is 0 Å². The summed E-state index contributed by atoms with van der Waals surface area (Å²) in [6, 6.07) is 19.8. The molecule has 2 aliphatic rings. The summed E-state index contributed by atoms with van der Waals surface area (Å²) >= 11 is 0. The summed E-state index contributed by atoms with van der Waals surface area (Å²) < 4.78 is 14.5. The Morgan fingerprint density at radius 3 is 2.02 bits per heavy atom. The molecule has 4 heterocycles. The molecule has 2 aliphatic heterocycles. The lowest BCUT2D eigenvalue weighted by molar-refractivity contribution is 0.145. The lowest BCUT2D eigenvalue weighted by atomic mass is 10.0. The van der Waals surface area contributed by atoms with Crippen LogP contribution in [0.25, 0.3) is 11.0 Å². The Balaban J connectivity index is 1.02. The van der Waals surface area contributed by atoms with E-state index in [9.17, 15) is 0 Å². The van der Waals surface area contributed by atoms with Crippen LogP contribution in [0.15, 0.2) is 85.3 Å². The van der Waals surface area contributed by atoms with E-state index in [0.29, 0.717) is 17.7 Å². The maximum atomic E-state index is 6.28. The number of rotatable bonds is 11. The Labute approximate surface area is 248 Å². The van der Waals surface area contributed by atoms with Crippen LogP contribution in [0.1, 0.15) is 18.9 Å². The van der Waals surface area contributed by atoms with E-state index >= 15 is 0 Å². The van der Waals surface area contributed by atoms with Gasteiger partial charge < -0.3 is 19.8 Å². The van der Waals surface area contributed by atoms with Crippen LogP contribution in [-0.4, -0.2) is 94.7 Å². The second-order valence-electron chi connectivity index (χ2n) is 11.1. The van der Waals surface area contributed by atoms with Crippen molar-refractivity contribution in [1.82, 2.24) is 29.2 Å². The third kappa shape index (κ3) is 7.17. The number of likely N-dealkylation sites (tertiary alicyclic amines) is 1. The molecule has 42 heavy (non-hydrogen) atoms. The monoisotopic (exact) mass is 567 g/mol. The minimum Gasteiger partial charge on any atom is -0.457 e. The Hall–Kier alpha value is -3.76. The van der Waals surface area contributed by atoms with Crippen LogP contribution in [-0.2, 0) is 0 Å². The molecule has 0 bridgehead atoms. The van der Waals surface area contributed by atoms with E-state index in [1.54, 1.807) is 6.33 Å². The summed E-state index contributed by atoms with van der Waals surface area (Å²) in [5.41, 5.74) is 7.55. The molecule has 2 fully saturated rings. The molecule has 0 atom stereocenters. The highest BCUT2D eigenvalue weighted by molar-refractivity contribution is 5.81. The molecule has 0 aliphatic carbocycles. The number of hydrogen-bond donors (Lipinski definition) is 1. The first-order valence-electron chi connectivity index (χ1n) is 15.1. The predicted molar refractivity (Wildman–Crippen MR) is 166 cm³/mol. The second-order valence-corrected chi connectivity index (χ2v) is 11.1. The van der Waals surface area contributed by atoms with Crippen molar-refractivity contribution in [2.45, 2.75) is 18.9 Å². The van der Waals surface area contributed by atoms with E-state index in [2.05, 4.69) is 53.7 Å². The van der Waals surface area contributed by atoms with Crippen molar-refractivity contribution >= 4 is 11.0 Å². The second kappa shape index (κ2) is 13.9. The number of hydrogen-bond acceptors (Lipinski definition) is 8. The third-order valence-electron chi connectivity index (χ3n) is 8.24. The molecule has 0 spiro atoms. The molecule has 2 N–H and O–H groups in total. The van der Waals surface area contributed by atoms with Crippen molar-refractivity contribution in [2.24, 2.45) is 5.73 Å². The first-order valence-corrected chi connectivity index (χ1v) is 15.1. The first-order chi connectivity index (χ1) is 20.7. The minimum absolute atomic E-state index is 0.391. The third-order valence-corrected chi connectivity index (χ3v) is 8.24. The van der Waals surface area contributed by atoms with Gasteiger partial charge in [-0.3, -0.25) is 14.7 Å². The van der Waals surface area contributed by atoms with Gasteiger partial charge in [0.1, 0.15) is 29.1 Å². The van der Waals surface area contributed by atoms with E-state index in [0.717, 1.165) is 101 Å². The highest BCUT2D eigenvalue weighted by Crippen LogP contribution is 2.33. The van der Waals surface area contributed by atoms with E-state index in [1.165, 1.54) is 0 Å². The molecular formula is C33H41N7O2. The fraction of sp³-hybridized carbons (Fsp3) is 0.394. The zero-order valence-electron chi connectivity index (χ0n) is 24.2. The van der Waals surface area contributed by atoms with Gasteiger partial charge in [-0.1, -0.05) is 30.4 Å². The molecule has 6 rings (SSSR count). The molecule has 2 aromatic heterocycles. The summed E-state index contributed by atoms with van der Waals surface area (Å²) in [4.78, 5) is 16.6. The van der Waals surface area contributed by atoms with Crippen LogP contribution in [0.3, 0.4) is 0 Å². The van der Waals surface area contributed by atoms with Crippen molar-refractivity contribution in [2.75, 3.05) is 65.4 Å². The highest BCUT2D eigenvalue weighted by Gasteiger charge is 2.23. The number of benzene rings is 2. The first kappa shape index (κ1) is 28.4. The lowest BCUT2D eigenvalue weighted by Gasteiger charge is -2.34. The van der Waals surface area contributed by atoms with Crippen molar-refractivity contribution in [3.05, 3.63) is 85.3 Å². The van der Waals surface area contributed by atoms with Crippen molar-refractivity contribution in [1.29, 1.82) is 0 Å². The van der Waals surface area contributed by atoms with Gasteiger partial charge in [0, 0.05) is 77.7 Å². The molecule has 2 saturated heterocycles. The summed E-state index contributed by atoms with van der Waals surface area (Å²) in [6.07, 6.45) is 10.6. The Kier molecular flexibility index (Phi) is 9.41. The molecule has 4 aromatic rings. The quantitative estimate of drug-likeness (QED) is 0.259. The smallest absolute Gasteiger partial charge is 0.247 e. The average Bonchev–Trinajstić information content (AvgIpc) is 3.47. The SMILES string of the molecule is NCCN1CCN(C/C=C/CN2CCC(n3ccc4ncnc(Oc5ccc(Oc6ccccc6)cc5)c43)CC2)CC1.